The topological polar surface area (TPSA) is 57.9 Å². The van der Waals surface area contributed by atoms with Crippen molar-refractivity contribution in [1.82, 2.24) is 0 Å². The van der Waals surface area contributed by atoms with Gasteiger partial charge in [0.2, 0.25) is 0 Å². The van der Waals surface area contributed by atoms with Crippen LogP contribution in [0, 0.1) is 16.7 Å². The van der Waals surface area contributed by atoms with Gasteiger partial charge in [-0.15, -0.1) is 0 Å². The molecule has 0 saturated heterocycles. The zero-order valence-corrected chi connectivity index (χ0v) is 11.9. The van der Waals surface area contributed by atoms with E-state index >= 15 is 0 Å². The van der Waals surface area contributed by atoms with Gasteiger partial charge >= 0.3 is 0 Å². The summed E-state index contributed by atoms with van der Waals surface area (Å²) in [5.41, 5.74) is 1.41. The maximum absolute atomic E-state index is 12.4. The zero-order chi connectivity index (χ0) is 13.4. The monoisotopic (exact) mass is 253 g/mol. The normalized spacial score (nSPS) is 30.0. The van der Waals surface area contributed by atoms with Crippen LogP contribution in [-0.2, 0) is 15.6 Å². The highest BCUT2D eigenvalue weighted by Gasteiger charge is 2.50. The molecule has 0 aromatic heterocycles. The molecule has 0 aromatic carbocycles. The molecule has 1 aliphatic heterocycles. The summed E-state index contributed by atoms with van der Waals surface area (Å²) in [5.74, 6) is 0.124. The predicted octanol–water partition coefficient (Wildman–Crippen LogP) is 2.35. The molecule has 0 saturated carbocycles. The molecule has 0 spiro atoms. The van der Waals surface area contributed by atoms with Crippen LogP contribution in [0.25, 0.3) is 0 Å². The molecule has 2 atom stereocenters. The van der Waals surface area contributed by atoms with Gasteiger partial charge in [0.15, 0.2) is 10.5 Å². The average Bonchev–Trinajstić information content (AvgIpc) is 2.21. The molecular formula is C13H19NO2S. The molecule has 4 heteroatoms. The van der Waals surface area contributed by atoms with E-state index in [1.54, 1.807) is 20.8 Å². The van der Waals surface area contributed by atoms with Gasteiger partial charge in [0, 0.05) is 17.6 Å². The first-order chi connectivity index (χ1) is 7.65. The van der Waals surface area contributed by atoms with Crippen molar-refractivity contribution in [3.05, 3.63) is 11.1 Å². The van der Waals surface area contributed by atoms with Gasteiger partial charge in [-0.3, -0.25) is 9.00 Å². The standard InChI is InChI=1S/C13H19NO2S/c1-9-6-13(8-14,11(15)12(3,4)5)17(16)7-10(9)2/h6-7H2,1-5H3. The van der Waals surface area contributed by atoms with Crippen LogP contribution in [0.4, 0.5) is 0 Å². The minimum absolute atomic E-state index is 0.210. The molecule has 0 aliphatic carbocycles. The number of carbonyl (C=O) groups excluding carboxylic acids is 1. The van der Waals surface area contributed by atoms with Crippen molar-refractivity contribution >= 4 is 16.6 Å². The Kier molecular flexibility index (Phi) is 3.63. The van der Waals surface area contributed by atoms with E-state index < -0.39 is 21.0 Å². The summed E-state index contributed by atoms with van der Waals surface area (Å²) in [4.78, 5) is 12.4. The Hall–Kier alpha value is -0.950. The predicted molar refractivity (Wildman–Crippen MR) is 68.8 cm³/mol. The van der Waals surface area contributed by atoms with E-state index in [4.69, 9.17) is 0 Å². The van der Waals surface area contributed by atoms with Crippen LogP contribution in [0.5, 0.6) is 0 Å². The van der Waals surface area contributed by atoms with E-state index in [1.165, 1.54) is 0 Å². The molecule has 1 aliphatic rings. The van der Waals surface area contributed by atoms with Gasteiger partial charge in [-0.25, -0.2) is 0 Å². The first-order valence-corrected chi connectivity index (χ1v) is 6.97. The lowest BCUT2D eigenvalue weighted by atomic mass is 9.80. The highest BCUT2D eigenvalue weighted by atomic mass is 32.2. The van der Waals surface area contributed by atoms with Gasteiger partial charge in [0.05, 0.1) is 16.9 Å². The third-order valence-corrected chi connectivity index (χ3v) is 5.10. The summed E-state index contributed by atoms with van der Waals surface area (Å²) >= 11 is 0. The van der Waals surface area contributed by atoms with Crippen molar-refractivity contribution in [1.29, 1.82) is 5.26 Å². The van der Waals surface area contributed by atoms with Crippen LogP contribution >= 0.6 is 0 Å². The Labute approximate surface area is 105 Å². The van der Waals surface area contributed by atoms with Gasteiger partial charge in [-0.1, -0.05) is 31.9 Å². The van der Waals surface area contributed by atoms with Gasteiger partial charge in [-0.2, -0.15) is 5.26 Å². The molecule has 3 nitrogen and oxygen atoms in total. The minimum atomic E-state index is -1.43. The second-order valence-electron chi connectivity index (χ2n) is 5.75. The molecular weight excluding hydrogens is 234 g/mol. The highest BCUT2D eigenvalue weighted by molar-refractivity contribution is 7.87. The zero-order valence-electron chi connectivity index (χ0n) is 11.1. The average molecular weight is 253 g/mol. The number of rotatable bonds is 1. The number of Topliss-reactive ketones (excluding diaryl/α,β-unsaturated/α-hetero) is 1. The van der Waals surface area contributed by atoms with E-state index in [2.05, 4.69) is 0 Å². The smallest absolute Gasteiger partial charge is 0.194 e. The molecule has 1 heterocycles. The van der Waals surface area contributed by atoms with Crippen molar-refractivity contribution in [2.45, 2.75) is 45.8 Å². The lowest BCUT2D eigenvalue weighted by Crippen LogP contribution is -2.50. The number of carbonyl (C=O) groups is 1. The van der Waals surface area contributed by atoms with E-state index in [0.717, 1.165) is 11.1 Å². The number of ketones is 1. The Morgan fingerprint density at radius 2 is 1.88 bits per heavy atom. The summed E-state index contributed by atoms with van der Waals surface area (Å²) in [6.07, 6.45) is 0.304. The van der Waals surface area contributed by atoms with Crippen LogP contribution in [0.2, 0.25) is 0 Å². The third-order valence-electron chi connectivity index (χ3n) is 3.21. The molecule has 0 bridgehead atoms. The Morgan fingerprint density at radius 1 is 1.35 bits per heavy atom. The number of hydrogen-bond acceptors (Lipinski definition) is 3. The first kappa shape index (κ1) is 14.1. The molecule has 0 amide bonds. The van der Waals surface area contributed by atoms with E-state index in [-0.39, 0.29) is 5.78 Å². The van der Waals surface area contributed by atoms with Crippen molar-refractivity contribution in [3.8, 4) is 6.07 Å². The Balaban J connectivity index is 3.30. The molecule has 0 N–H and O–H groups in total. The van der Waals surface area contributed by atoms with Crippen molar-refractivity contribution in [3.63, 3.8) is 0 Å². The summed E-state index contributed by atoms with van der Waals surface area (Å²) in [6.45, 7) is 9.13. The number of allylic oxidation sites excluding steroid dienone is 1. The fraction of sp³-hybridized carbons (Fsp3) is 0.692. The Morgan fingerprint density at radius 3 is 2.29 bits per heavy atom. The maximum atomic E-state index is 12.4. The molecule has 1 rings (SSSR count). The number of nitrogens with zero attached hydrogens (tertiary/aromatic N) is 1. The van der Waals surface area contributed by atoms with Crippen LogP contribution in [0.3, 0.4) is 0 Å². The lowest BCUT2D eigenvalue weighted by molar-refractivity contribution is -0.127. The van der Waals surface area contributed by atoms with E-state index in [1.807, 2.05) is 19.9 Å². The van der Waals surface area contributed by atoms with Crippen LogP contribution in [-0.4, -0.2) is 20.5 Å². The fourth-order valence-corrected chi connectivity index (χ4v) is 3.86. The second-order valence-corrected chi connectivity index (χ2v) is 7.42. The highest BCUT2D eigenvalue weighted by Crippen LogP contribution is 2.37. The van der Waals surface area contributed by atoms with Gasteiger partial charge < -0.3 is 0 Å². The van der Waals surface area contributed by atoms with E-state index in [9.17, 15) is 14.3 Å². The molecule has 2 unspecified atom stereocenters. The maximum Gasteiger partial charge on any atom is 0.194 e. The van der Waals surface area contributed by atoms with Crippen molar-refractivity contribution in [2.75, 3.05) is 5.75 Å². The van der Waals surface area contributed by atoms with Crippen molar-refractivity contribution < 1.29 is 9.00 Å². The molecule has 0 radical (unpaired) electrons. The molecule has 0 fully saturated rings. The van der Waals surface area contributed by atoms with Gasteiger partial charge in [0.1, 0.15) is 0 Å². The largest absolute Gasteiger partial charge is 0.296 e. The summed E-state index contributed by atoms with van der Waals surface area (Å²) < 4.78 is 10.9. The summed E-state index contributed by atoms with van der Waals surface area (Å²) in [7, 11) is -1.43. The number of hydrogen-bond donors (Lipinski definition) is 0. The first-order valence-electron chi connectivity index (χ1n) is 5.65. The van der Waals surface area contributed by atoms with Gasteiger partial charge in [-0.05, 0) is 13.8 Å². The lowest BCUT2D eigenvalue weighted by Gasteiger charge is -2.34. The Bertz CT molecular complexity index is 451. The summed E-state index contributed by atoms with van der Waals surface area (Å²) in [5, 5.41) is 9.36. The fourth-order valence-electron chi connectivity index (χ4n) is 1.98. The number of nitriles is 1. The van der Waals surface area contributed by atoms with Gasteiger partial charge in [0.25, 0.3) is 0 Å². The third kappa shape index (κ3) is 2.35. The quantitative estimate of drug-likeness (QED) is 0.674. The van der Waals surface area contributed by atoms with Crippen molar-refractivity contribution in [2.24, 2.45) is 5.41 Å². The molecule has 0 aromatic rings. The van der Waals surface area contributed by atoms with Crippen LogP contribution in [0.15, 0.2) is 11.1 Å². The van der Waals surface area contributed by atoms with Crippen LogP contribution in [0.1, 0.15) is 41.0 Å². The van der Waals surface area contributed by atoms with E-state index in [0.29, 0.717) is 12.2 Å². The molecule has 17 heavy (non-hydrogen) atoms. The summed E-state index contributed by atoms with van der Waals surface area (Å²) in [6, 6.07) is 2.04. The SMILES string of the molecule is CC1=C(C)CC(C#N)(C(=O)C(C)(C)C)S(=O)C1. The molecule has 94 valence electrons. The van der Waals surface area contributed by atoms with Crippen LogP contribution < -0.4 is 0 Å². The minimum Gasteiger partial charge on any atom is -0.296 e. The second kappa shape index (κ2) is 4.38.